The topological polar surface area (TPSA) is 35.5 Å². The van der Waals surface area contributed by atoms with E-state index in [1.165, 1.54) is 22.7 Å². The second kappa shape index (κ2) is 7.13. The first-order valence-corrected chi connectivity index (χ1v) is 14.0. The lowest BCUT2D eigenvalue weighted by Crippen LogP contribution is -2.48. The van der Waals surface area contributed by atoms with Crippen LogP contribution in [0.3, 0.4) is 0 Å². The van der Waals surface area contributed by atoms with E-state index >= 15 is 0 Å². The van der Waals surface area contributed by atoms with Crippen molar-refractivity contribution in [3.63, 3.8) is 0 Å². The van der Waals surface area contributed by atoms with Crippen LogP contribution in [0.4, 0.5) is 0 Å². The van der Waals surface area contributed by atoms with Gasteiger partial charge in [0.1, 0.15) is 5.41 Å². The molecule has 1 aromatic rings. The number of carbonyl (C=O) groups excluding carboxylic acids is 1. The van der Waals surface area contributed by atoms with Crippen LogP contribution >= 0.6 is 22.6 Å². The number of benzene rings is 1. The monoisotopic (exact) mass is 500 g/mol. The molecule has 0 amide bonds. The Hall–Kier alpha value is -0.403. The fourth-order valence-corrected chi connectivity index (χ4v) is 7.10. The van der Waals surface area contributed by atoms with Crippen LogP contribution in [-0.4, -0.2) is 27.0 Å². The van der Waals surface area contributed by atoms with Crippen molar-refractivity contribution in [2.24, 2.45) is 11.3 Å². The molecule has 0 saturated heterocycles. The van der Waals surface area contributed by atoms with Crippen molar-refractivity contribution in [1.82, 2.24) is 0 Å². The largest absolute Gasteiger partial charge is 0.468 e. The van der Waals surface area contributed by atoms with Gasteiger partial charge in [0.15, 0.2) is 8.32 Å². The van der Waals surface area contributed by atoms with E-state index in [-0.39, 0.29) is 22.5 Å². The molecule has 27 heavy (non-hydrogen) atoms. The Labute approximate surface area is 178 Å². The number of carbonyl (C=O) groups is 1. The quantitative estimate of drug-likeness (QED) is 0.285. The summed E-state index contributed by atoms with van der Waals surface area (Å²) in [6, 6.07) is 8.39. The van der Waals surface area contributed by atoms with E-state index < -0.39 is 13.7 Å². The fourth-order valence-electron chi connectivity index (χ4n) is 4.88. The van der Waals surface area contributed by atoms with Gasteiger partial charge in [0, 0.05) is 9.49 Å². The number of hydrogen-bond donors (Lipinski definition) is 0. The van der Waals surface area contributed by atoms with Crippen molar-refractivity contribution in [3.05, 3.63) is 33.4 Å². The van der Waals surface area contributed by atoms with Gasteiger partial charge in [-0.3, -0.25) is 4.79 Å². The summed E-state index contributed by atoms with van der Waals surface area (Å²) < 4.78 is 13.7. The lowest BCUT2D eigenvalue weighted by molar-refractivity contribution is -0.150. The molecule has 1 unspecified atom stereocenters. The molecule has 0 heterocycles. The van der Waals surface area contributed by atoms with Crippen molar-refractivity contribution in [1.29, 1.82) is 0 Å². The maximum Gasteiger partial charge on any atom is 0.315 e. The van der Waals surface area contributed by atoms with Crippen LogP contribution in [0.15, 0.2) is 24.3 Å². The van der Waals surface area contributed by atoms with E-state index in [0.717, 1.165) is 25.7 Å². The average molecular weight is 500 g/mol. The minimum absolute atomic E-state index is 0.0761. The first-order valence-electron chi connectivity index (χ1n) is 10.0. The third kappa shape index (κ3) is 3.31. The first kappa shape index (κ1) is 21.3. The van der Waals surface area contributed by atoms with Gasteiger partial charge in [-0.2, -0.15) is 0 Å². The van der Waals surface area contributed by atoms with E-state index in [2.05, 4.69) is 80.7 Å². The van der Waals surface area contributed by atoms with Crippen LogP contribution in [0, 0.1) is 14.9 Å². The van der Waals surface area contributed by atoms with Gasteiger partial charge in [-0.05, 0) is 71.6 Å². The summed E-state index contributed by atoms with van der Waals surface area (Å²) in [5, 5.41) is 0.120. The Morgan fingerprint density at radius 3 is 2.52 bits per heavy atom. The molecule has 0 spiro atoms. The number of esters is 1. The summed E-state index contributed by atoms with van der Waals surface area (Å²) in [4.78, 5) is 13.2. The molecule has 0 radical (unpaired) electrons. The molecule has 3 atom stereocenters. The molecular weight excluding hydrogens is 467 g/mol. The second-order valence-electron chi connectivity index (χ2n) is 9.78. The number of fused-ring (bicyclic) bond motifs is 1. The normalized spacial score (nSPS) is 30.6. The van der Waals surface area contributed by atoms with Crippen molar-refractivity contribution in [2.75, 3.05) is 7.11 Å². The highest BCUT2D eigenvalue weighted by molar-refractivity contribution is 14.1. The van der Waals surface area contributed by atoms with E-state index in [1.807, 2.05) is 0 Å². The summed E-state index contributed by atoms with van der Waals surface area (Å²) in [6.45, 7) is 11.4. The molecular formula is C22H33IO3Si. The Morgan fingerprint density at radius 2 is 1.93 bits per heavy atom. The zero-order chi connectivity index (χ0) is 20.1. The average Bonchev–Trinajstić information content (AvgIpc) is 3.16. The fraction of sp³-hybridized carbons (Fsp3) is 0.682. The van der Waals surface area contributed by atoms with Gasteiger partial charge in [0.05, 0.1) is 12.7 Å². The predicted molar refractivity (Wildman–Crippen MR) is 120 cm³/mol. The summed E-state index contributed by atoms with van der Waals surface area (Å²) >= 11 is 2.38. The first-order chi connectivity index (χ1) is 12.5. The lowest BCUT2D eigenvalue weighted by Gasteiger charge is -2.42. The van der Waals surface area contributed by atoms with Gasteiger partial charge in [-0.1, -0.05) is 51.8 Å². The van der Waals surface area contributed by atoms with Crippen molar-refractivity contribution in [2.45, 2.75) is 76.6 Å². The Morgan fingerprint density at radius 1 is 1.26 bits per heavy atom. The molecule has 1 aromatic carbocycles. The summed E-state index contributed by atoms with van der Waals surface area (Å²) in [5.74, 6) is 0.198. The van der Waals surface area contributed by atoms with Gasteiger partial charge in [-0.25, -0.2) is 0 Å². The van der Waals surface area contributed by atoms with Crippen LogP contribution in [0.25, 0.3) is 0 Å². The molecule has 0 N–H and O–H groups in total. The number of ether oxygens (including phenoxy) is 1. The van der Waals surface area contributed by atoms with E-state index in [9.17, 15) is 4.79 Å². The van der Waals surface area contributed by atoms with Crippen LogP contribution < -0.4 is 0 Å². The molecule has 0 aliphatic heterocycles. The predicted octanol–water partition coefficient (Wildman–Crippen LogP) is 5.96. The number of halogens is 1. The van der Waals surface area contributed by atoms with E-state index in [4.69, 9.17) is 9.16 Å². The smallest absolute Gasteiger partial charge is 0.315 e. The van der Waals surface area contributed by atoms with Gasteiger partial charge >= 0.3 is 5.97 Å². The van der Waals surface area contributed by atoms with Gasteiger partial charge in [-0.15, -0.1) is 0 Å². The summed E-state index contributed by atoms with van der Waals surface area (Å²) in [5.41, 5.74) is 0.353. The molecule has 5 heteroatoms. The molecule has 2 saturated carbocycles. The number of hydrogen-bond acceptors (Lipinski definition) is 3. The third-order valence-electron chi connectivity index (χ3n) is 7.34. The van der Waals surface area contributed by atoms with E-state index in [0.29, 0.717) is 0 Å². The standard InChI is InChI=1S/C22H33IO3Si/c1-20(2,3)27(5,6)26-22-14-10-9-13-18(22)21(22,19(24)25-4)15-16-11-7-8-12-17(16)23/h7-8,11-12,18H,9-10,13-15H2,1-6H3/t18?,21-,22+/m1/s1. The Bertz CT molecular complexity index is 727. The van der Waals surface area contributed by atoms with Crippen LogP contribution in [-0.2, 0) is 20.4 Å². The number of methoxy groups -OCH3 is 1. The van der Waals surface area contributed by atoms with Crippen molar-refractivity contribution < 1.29 is 14.0 Å². The highest BCUT2D eigenvalue weighted by Crippen LogP contribution is 2.73. The zero-order valence-corrected chi connectivity index (χ0v) is 20.7. The highest BCUT2D eigenvalue weighted by atomic mass is 127. The third-order valence-corrected chi connectivity index (χ3v) is 12.9. The summed E-state index contributed by atoms with van der Waals surface area (Å²) in [6.07, 6.45) is 5.07. The second-order valence-corrected chi connectivity index (χ2v) is 15.7. The molecule has 2 aliphatic rings. The molecule has 150 valence electrons. The highest BCUT2D eigenvalue weighted by Gasteiger charge is 2.82. The van der Waals surface area contributed by atoms with Crippen molar-refractivity contribution in [3.8, 4) is 0 Å². The van der Waals surface area contributed by atoms with E-state index in [1.54, 1.807) is 0 Å². The van der Waals surface area contributed by atoms with Gasteiger partial charge in [0.2, 0.25) is 0 Å². The minimum atomic E-state index is -2.01. The van der Waals surface area contributed by atoms with Crippen LogP contribution in [0.1, 0.15) is 52.0 Å². The number of rotatable bonds is 5. The Balaban J connectivity index is 2.05. The van der Waals surface area contributed by atoms with Crippen LogP contribution in [0.2, 0.25) is 18.1 Å². The molecule has 2 aliphatic carbocycles. The molecule has 0 aromatic heterocycles. The lowest BCUT2D eigenvalue weighted by atomic mass is 9.90. The van der Waals surface area contributed by atoms with Gasteiger partial charge in [0.25, 0.3) is 0 Å². The maximum absolute atomic E-state index is 13.2. The van der Waals surface area contributed by atoms with Crippen molar-refractivity contribution >= 4 is 36.9 Å². The zero-order valence-electron chi connectivity index (χ0n) is 17.5. The summed E-state index contributed by atoms with van der Waals surface area (Å²) in [7, 11) is -0.479. The van der Waals surface area contributed by atoms with Crippen LogP contribution in [0.5, 0.6) is 0 Å². The van der Waals surface area contributed by atoms with Gasteiger partial charge < -0.3 is 9.16 Å². The maximum atomic E-state index is 13.2. The SMILES string of the molecule is COC(=O)[C@@]1(Cc2ccccc2I)C2CCCC[C@]21O[Si](C)(C)C(C)(C)C. The minimum Gasteiger partial charge on any atom is -0.468 e. The molecule has 3 nitrogen and oxygen atoms in total. The molecule has 2 fully saturated rings. The molecule has 3 rings (SSSR count). The Kier molecular flexibility index (Phi) is 5.63. The molecule has 0 bridgehead atoms.